The van der Waals surface area contributed by atoms with Gasteiger partial charge in [-0.15, -0.1) is 0 Å². The third-order valence-electron chi connectivity index (χ3n) is 2.95. The molecular weight excluding hydrogens is 292 g/mol. The third-order valence-corrected chi connectivity index (χ3v) is 5.71. The van der Waals surface area contributed by atoms with E-state index in [1.165, 1.54) is 18.4 Å². The molecule has 0 fully saturated rings. The van der Waals surface area contributed by atoms with E-state index in [1.54, 1.807) is 12.1 Å². The lowest BCUT2D eigenvalue weighted by atomic mass is 10.2. The minimum atomic E-state index is -3.34. The summed E-state index contributed by atoms with van der Waals surface area (Å²) >= 11 is 1.93. The van der Waals surface area contributed by atoms with Gasteiger partial charge in [-0.05, 0) is 49.1 Å². The molecule has 0 aliphatic rings. The van der Waals surface area contributed by atoms with Crippen LogP contribution in [-0.2, 0) is 10.0 Å². The average Bonchev–Trinajstić information content (AvgIpc) is 2.39. The second-order valence-electron chi connectivity index (χ2n) is 4.84. The molecule has 0 aliphatic heterocycles. The number of nitrogens with one attached hydrogen (secondary N) is 1. The Morgan fingerprint density at radius 1 is 1.25 bits per heavy atom. The summed E-state index contributed by atoms with van der Waals surface area (Å²) in [4.78, 5) is 0.322. The SMILES string of the molecule is CCSCCC(C)Nc1ccc(S(=O)(=O)N(C)C)cc1. The fourth-order valence-electron chi connectivity index (χ4n) is 1.70. The molecule has 0 amide bonds. The molecule has 1 aromatic rings. The quantitative estimate of drug-likeness (QED) is 0.749. The number of nitrogens with zero attached hydrogens (tertiary/aromatic N) is 1. The molecule has 0 radical (unpaired) electrons. The predicted octanol–water partition coefficient (Wildman–Crippen LogP) is 2.88. The van der Waals surface area contributed by atoms with Gasteiger partial charge in [-0.2, -0.15) is 11.8 Å². The summed E-state index contributed by atoms with van der Waals surface area (Å²) in [6.07, 6.45) is 1.09. The van der Waals surface area contributed by atoms with Gasteiger partial charge in [-0.3, -0.25) is 0 Å². The summed E-state index contributed by atoms with van der Waals surface area (Å²) < 4.78 is 25.1. The van der Waals surface area contributed by atoms with Gasteiger partial charge >= 0.3 is 0 Å². The highest BCUT2D eigenvalue weighted by Gasteiger charge is 2.16. The summed E-state index contributed by atoms with van der Waals surface area (Å²) in [6, 6.07) is 7.31. The molecule has 6 heteroatoms. The number of hydrogen-bond acceptors (Lipinski definition) is 4. The van der Waals surface area contributed by atoms with Crippen LogP contribution in [0.25, 0.3) is 0 Å². The van der Waals surface area contributed by atoms with Crippen LogP contribution in [0, 0.1) is 0 Å². The molecule has 0 aliphatic carbocycles. The van der Waals surface area contributed by atoms with Crippen LogP contribution in [0.3, 0.4) is 0 Å². The highest BCUT2D eigenvalue weighted by molar-refractivity contribution is 7.99. The molecule has 1 unspecified atom stereocenters. The molecular formula is C14H24N2O2S2. The van der Waals surface area contributed by atoms with E-state index in [0.717, 1.165) is 23.6 Å². The maximum Gasteiger partial charge on any atom is 0.242 e. The van der Waals surface area contributed by atoms with Crippen LogP contribution in [0.1, 0.15) is 20.3 Å². The van der Waals surface area contributed by atoms with E-state index in [-0.39, 0.29) is 0 Å². The van der Waals surface area contributed by atoms with Crippen molar-refractivity contribution in [1.82, 2.24) is 4.31 Å². The lowest BCUT2D eigenvalue weighted by molar-refractivity contribution is 0.521. The first-order valence-electron chi connectivity index (χ1n) is 6.74. The van der Waals surface area contributed by atoms with Crippen molar-refractivity contribution in [2.75, 3.05) is 30.9 Å². The molecule has 1 atom stereocenters. The van der Waals surface area contributed by atoms with Gasteiger partial charge in [0.1, 0.15) is 0 Å². The zero-order valence-corrected chi connectivity index (χ0v) is 14.2. The van der Waals surface area contributed by atoms with Crippen molar-refractivity contribution < 1.29 is 8.42 Å². The molecule has 0 saturated carbocycles. The largest absolute Gasteiger partial charge is 0.383 e. The molecule has 1 aromatic carbocycles. The number of thioether (sulfide) groups is 1. The van der Waals surface area contributed by atoms with Gasteiger partial charge in [0.2, 0.25) is 10.0 Å². The van der Waals surface area contributed by atoms with Gasteiger partial charge < -0.3 is 5.32 Å². The van der Waals surface area contributed by atoms with Gasteiger partial charge in [-0.25, -0.2) is 12.7 Å². The Balaban J connectivity index is 2.63. The molecule has 0 aromatic heterocycles. The second kappa shape index (κ2) is 7.90. The van der Waals surface area contributed by atoms with Crippen molar-refractivity contribution in [2.45, 2.75) is 31.2 Å². The van der Waals surface area contributed by atoms with Crippen molar-refractivity contribution in [3.8, 4) is 0 Å². The van der Waals surface area contributed by atoms with Crippen LogP contribution in [0.15, 0.2) is 29.2 Å². The van der Waals surface area contributed by atoms with E-state index >= 15 is 0 Å². The lowest BCUT2D eigenvalue weighted by Crippen LogP contribution is -2.22. The Morgan fingerprint density at radius 2 is 1.85 bits per heavy atom. The Hall–Kier alpha value is -0.720. The molecule has 4 nitrogen and oxygen atoms in total. The molecule has 1 rings (SSSR count). The Labute approximate surface area is 127 Å². The van der Waals surface area contributed by atoms with Gasteiger partial charge in [0.25, 0.3) is 0 Å². The first-order chi connectivity index (χ1) is 9.37. The number of hydrogen-bond donors (Lipinski definition) is 1. The van der Waals surface area contributed by atoms with Crippen molar-refractivity contribution in [3.63, 3.8) is 0 Å². The molecule has 0 bridgehead atoms. The smallest absolute Gasteiger partial charge is 0.242 e. The molecule has 0 saturated heterocycles. The van der Waals surface area contributed by atoms with Gasteiger partial charge in [0, 0.05) is 25.8 Å². The minimum Gasteiger partial charge on any atom is -0.383 e. The second-order valence-corrected chi connectivity index (χ2v) is 8.39. The average molecular weight is 316 g/mol. The van der Waals surface area contributed by atoms with E-state index in [4.69, 9.17) is 0 Å². The summed E-state index contributed by atoms with van der Waals surface area (Å²) in [5.74, 6) is 2.28. The maximum absolute atomic E-state index is 11.9. The van der Waals surface area contributed by atoms with Crippen molar-refractivity contribution >= 4 is 27.5 Å². The summed E-state index contributed by atoms with van der Waals surface area (Å²) in [5, 5.41) is 3.39. The van der Waals surface area contributed by atoms with Crippen molar-refractivity contribution in [3.05, 3.63) is 24.3 Å². The topological polar surface area (TPSA) is 49.4 Å². The van der Waals surface area contributed by atoms with Crippen LogP contribution in [0.2, 0.25) is 0 Å². The Bertz CT molecular complexity index is 498. The number of anilines is 1. The van der Waals surface area contributed by atoms with E-state index in [0.29, 0.717) is 10.9 Å². The minimum absolute atomic E-state index is 0.322. The van der Waals surface area contributed by atoms with Crippen LogP contribution in [-0.4, -0.2) is 44.4 Å². The summed E-state index contributed by atoms with van der Waals surface area (Å²) in [5.41, 5.74) is 0.955. The fraction of sp³-hybridized carbons (Fsp3) is 0.571. The molecule has 114 valence electrons. The van der Waals surface area contributed by atoms with E-state index in [1.807, 2.05) is 23.9 Å². The number of sulfonamides is 1. The zero-order valence-electron chi connectivity index (χ0n) is 12.6. The summed E-state index contributed by atoms with van der Waals surface area (Å²) in [7, 11) is -0.264. The van der Waals surface area contributed by atoms with Gasteiger partial charge in [0.05, 0.1) is 4.90 Å². The first kappa shape index (κ1) is 17.3. The van der Waals surface area contributed by atoms with Gasteiger partial charge in [0.15, 0.2) is 0 Å². The molecule has 0 spiro atoms. The third kappa shape index (κ3) is 5.00. The van der Waals surface area contributed by atoms with Crippen molar-refractivity contribution in [1.29, 1.82) is 0 Å². The zero-order chi connectivity index (χ0) is 15.2. The van der Waals surface area contributed by atoms with E-state index in [2.05, 4.69) is 19.2 Å². The van der Waals surface area contributed by atoms with Crippen LogP contribution in [0.5, 0.6) is 0 Å². The fourth-order valence-corrected chi connectivity index (χ4v) is 3.41. The Morgan fingerprint density at radius 3 is 2.35 bits per heavy atom. The standard InChI is InChI=1S/C14H24N2O2S2/c1-5-19-11-10-12(2)15-13-6-8-14(9-7-13)20(17,18)16(3)4/h6-9,12,15H,5,10-11H2,1-4H3. The first-order valence-corrected chi connectivity index (χ1v) is 9.34. The van der Waals surface area contributed by atoms with E-state index in [9.17, 15) is 8.42 Å². The highest BCUT2D eigenvalue weighted by Crippen LogP contribution is 2.18. The molecule has 20 heavy (non-hydrogen) atoms. The molecule has 1 N–H and O–H groups in total. The van der Waals surface area contributed by atoms with Crippen molar-refractivity contribution in [2.24, 2.45) is 0 Å². The maximum atomic E-state index is 11.9. The van der Waals surface area contributed by atoms with E-state index < -0.39 is 10.0 Å². The van der Waals surface area contributed by atoms with Gasteiger partial charge in [-0.1, -0.05) is 6.92 Å². The highest BCUT2D eigenvalue weighted by atomic mass is 32.2. The number of benzene rings is 1. The molecule has 0 heterocycles. The normalized spacial score (nSPS) is 13.4. The predicted molar refractivity (Wildman–Crippen MR) is 88.0 cm³/mol. The van der Waals surface area contributed by atoms with Crippen LogP contribution < -0.4 is 5.32 Å². The van der Waals surface area contributed by atoms with Crippen LogP contribution in [0.4, 0.5) is 5.69 Å². The lowest BCUT2D eigenvalue weighted by Gasteiger charge is -2.16. The Kier molecular flexibility index (Phi) is 6.85. The summed E-state index contributed by atoms with van der Waals surface area (Å²) in [6.45, 7) is 4.30. The monoisotopic (exact) mass is 316 g/mol. The van der Waals surface area contributed by atoms with Crippen LogP contribution >= 0.6 is 11.8 Å². The number of rotatable bonds is 8.